The van der Waals surface area contributed by atoms with Gasteiger partial charge in [-0.15, -0.1) is 11.3 Å². The highest BCUT2D eigenvalue weighted by Gasteiger charge is 2.20. The van der Waals surface area contributed by atoms with Crippen LogP contribution < -0.4 is 5.32 Å². The van der Waals surface area contributed by atoms with Crippen LogP contribution in [0.4, 0.5) is 5.69 Å². The Morgan fingerprint density at radius 3 is 2.54 bits per heavy atom. The number of carbonyl (C=O) groups excluding carboxylic acids is 3. The highest BCUT2D eigenvalue weighted by molar-refractivity contribution is 8.14. The third kappa shape index (κ3) is 4.94. The van der Waals surface area contributed by atoms with Crippen LogP contribution in [-0.4, -0.2) is 29.4 Å². The fourth-order valence-electron chi connectivity index (χ4n) is 1.93. The fourth-order valence-corrected chi connectivity index (χ4v) is 3.35. The summed E-state index contributed by atoms with van der Waals surface area (Å²) in [5.74, 6) is -0.800. The summed E-state index contributed by atoms with van der Waals surface area (Å²) in [7, 11) is 0. The smallest absolute Gasteiger partial charge is 0.350 e. The molecule has 0 radical (unpaired) electrons. The number of amides is 1. The molecular formula is C17H17NO4S2. The summed E-state index contributed by atoms with van der Waals surface area (Å²) < 4.78 is 5.06. The number of hydrogen-bond donors (Lipinski definition) is 1. The van der Waals surface area contributed by atoms with Gasteiger partial charge in [-0.05, 0) is 18.6 Å². The van der Waals surface area contributed by atoms with E-state index in [1.807, 2.05) is 30.3 Å². The van der Waals surface area contributed by atoms with Gasteiger partial charge in [-0.3, -0.25) is 9.59 Å². The van der Waals surface area contributed by atoms with Gasteiger partial charge in [0.15, 0.2) is 5.12 Å². The van der Waals surface area contributed by atoms with E-state index in [0.29, 0.717) is 10.6 Å². The lowest BCUT2D eigenvalue weighted by Crippen LogP contribution is -2.16. The largest absolute Gasteiger partial charge is 0.462 e. The number of nitrogens with one attached hydrogen (secondary N) is 1. The zero-order chi connectivity index (χ0) is 17.5. The Labute approximate surface area is 148 Å². The summed E-state index contributed by atoms with van der Waals surface area (Å²) in [6.45, 7) is 3.39. The van der Waals surface area contributed by atoms with Crippen molar-refractivity contribution in [1.82, 2.24) is 0 Å². The summed E-state index contributed by atoms with van der Waals surface area (Å²) in [6, 6.07) is 11.3. The van der Waals surface area contributed by atoms with Crippen LogP contribution in [0.2, 0.25) is 0 Å². The number of hydrogen-bond acceptors (Lipinski definition) is 6. The van der Waals surface area contributed by atoms with E-state index >= 15 is 0 Å². The topological polar surface area (TPSA) is 72.5 Å². The number of thioether (sulfide) groups is 1. The molecule has 0 saturated heterocycles. The van der Waals surface area contributed by atoms with Crippen molar-refractivity contribution in [2.45, 2.75) is 13.8 Å². The first-order chi connectivity index (χ1) is 11.5. The molecule has 1 aromatic carbocycles. The van der Waals surface area contributed by atoms with Crippen molar-refractivity contribution in [1.29, 1.82) is 0 Å². The Hall–Kier alpha value is -2.12. The lowest BCUT2D eigenvalue weighted by Gasteiger charge is -2.05. The third-order valence-electron chi connectivity index (χ3n) is 2.93. The standard InChI is InChI=1S/C17H17NO4S2/c1-3-22-17(21)16-13(18-15(20)10-23-11(2)19)9-14(24-16)12-7-5-4-6-8-12/h4-9H,3,10H2,1-2H3,(H,18,20). The second kappa shape index (κ2) is 8.65. The van der Waals surface area contributed by atoms with E-state index in [-0.39, 0.29) is 23.4 Å². The summed E-state index contributed by atoms with van der Waals surface area (Å²) in [5.41, 5.74) is 1.36. The maximum atomic E-state index is 12.1. The Balaban J connectivity index is 2.27. The number of thiophene rings is 1. The molecule has 1 amide bonds. The maximum Gasteiger partial charge on any atom is 0.350 e. The van der Waals surface area contributed by atoms with Gasteiger partial charge in [0.05, 0.1) is 18.0 Å². The lowest BCUT2D eigenvalue weighted by molar-refractivity contribution is -0.114. The first-order valence-corrected chi connectivity index (χ1v) is 9.11. The Morgan fingerprint density at radius 1 is 1.21 bits per heavy atom. The van der Waals surface area contributed by atoms with Crippen molar-refractivity contribution in [3.8, 4) is 10.4 Å². The van der Waals surface area contributed by atoms with Gasteiger partial charge in [-0.1, -0.05) is 42.1 Å². The minimum atomic E-state index is -0.473. The predicted molar refractivity (Wildman–Crippen MR) is 97.5 cm³/mol. The van der Waals surface area contributed by atoms with Gasteiger partial charge >= 0.3 is 5.97 Å². The molecule has 126 valence electrons. The molecule has 0 unspecified atom stereocenters. The van der Waals surface area contributed by atoms with Crippen LogP contribution in [0.15, 0.2) is 36.4 Å². The van der Waals surface area contributed by atoms with Crippen molar-refractivity contribution in [3.05, 3.63) is 41.3 Å². The number of carbonyl (C=O) groups is 3. The van der Waals surface area contributed by atoms with Crippen LogP contribution in [0.5, 0.6) is 0 Å². The van der Waals surface area contributed by atoms with E-state index in [4.69, 9.17) is 4.74 Å². The van der Waals surface area contributed by atoms with Gasteiger partial charge in [0.2, 0.25) is 5.91 Å². The molecule has 0 aliphatic rings. The molecule has 0 fully saturated rings. The molecular weight excluding hydrogens is 346 g/mol. The molecule has 0 aliphatic carbocycles. The van der Waals surface area contributed by atoms with Crippen molar-refractivity contribution in [3.63, 3.8) is 0 Å². The molecule has 0 saturated carbocycles. The molecule has 7 heteroatoms. The molecule has 2 aromatic rings. The Kier molecular flexibility index (Phi) is 6.57. The number of benzene rings is 1. The third-order valence-corrected chi connectivity index (χ3v) is 4.91. The van der Waals surface area contributed by atoms with E-state index in [1.165, 1.54) is 18.3 Å². The fraction of sp³-hybridized carbons (Fsp3) is 0.235. The zero-order valence-electron chi connectivity index (χ0n) is 13.3. The zero-order valence-corrected chi connectivity index (χ0v) is 15.0. The van der Waals surface area contributed by atoms with Crippen molar-refractivity contribution < 1.29 is 19.1 Å². The van der Waals surface area contributed by atoms with Crippen LogP contribution in [0, 0.1) is 0 Å². The molecule has 0 aliphatic heterocycles. The summed E-state index contributed by atoms with van der Waals surface area (Å²) in [4.78, 5) is 36.3. The van der Waals surface area contributed by atoms with E-state index < -0.39 is 5.97 Å². The first kappa shape index (κ1) is 18.2. The molecule has 24 heavy (non-hydrogen) atoms. The number of ether oxygens (including phenoxy) is 1. The SMILES string of the molecule is CCOC(=O)c1sc(-c2ccccc2)cc1NC(=O)CSC(C)=O. The molecule has 0 atom stereocenters. The van der Waals surface area contributed by atoms with Crippen molar-refractivity contribution >= 4 is 45.8 Å². The average molecular weight is 363 g/mol. The minimum Gasteiger partial charge on any atom is -0.462 e. The first-order valence-electron chi connectivity index (χ1n) is 7.30. The van der Waals surface area contributed by atoms with E-state index in [1.54, 1.807) is 13.0 Å². The van der Waals surface area contributed by atoms with Crippen LogP contribution in [0.3, 0.4) is 0 Å². The number of rotatable bonds is 6. The van der Waals surface area contributed by atoms with E-state index in [9.17, 15) is 14.4 Å². The van der Waals surface area contributed by atoms with Crippen LogP contribution in [0.1, 0.15) is 23.5 Å². The van der Waals surface area contributed by atoms with Gasteiger partial charge in [0.1, 0.15) is 4.88 Å². The van der Waals surface area contributed by atoms with Crippen LogP contribution in [0.25, 0.3) is 10.4 Å². The molecule has 1 heterocycles. The van der Waals surface area contributed by atoms with Crippen molar-refractivity contribution in [2.24, 2.45) is 0 Å². The van der Waals surface area contributed by atoms with Gasteiger partial charge in [0.25, 0.3) is 0 Å². The summed E-state index contributed by atoms with van der Waals surface area (Å²) in [5, 5.41) is 2.56. The Morgan fingerprint density at radius 2 is 1.92 bits per heavy atom. The van der Waals surface area contributed by atoms with Crippen molar-refractivity contribution in [2.75, 3.05) is 17.7 Å². The van der Waals surface area contributed by atoms with E-state index in [2.05, 4.69) is 5.32 Å². The monoisotopic (exact) mass is 363 g/mol. The molecule has 1 aromatic heterocycles. The Bertz CT molecular complexity index is 740. The minimum absolute atomic E-state index is 0.00805. The van der Waals surface area contributed by atoms with E-state index in [0.717, 1.165) is 22.2 Å². The highest BCUT2D eigenvalue weighted by atomic mass is 32.2. The number of anilines is 1. The second-order valence-electron chi connectivity index (χ2n) is 4.77. The van der Waals surface area contributed by atoms with Crippen LogP contribution >= 0.6 is 23.1 Å². The summed E-state index contributed by atoms with van der Waals surface area (Å²) >= 11 is 2.19. The van der Waals surface area contributed by atoms with Gasteiger partial charge in [0, 0.05) is 11.8 Å². The molecule has 2 rings (SSSR count). The number of esters is 1. The predicted octanol–water partition coefficient (Wildman–Crippen LogP) is 3.81. The molecule has 0 spiro atoms. The van der Waals surface area contributed by atoms with Gasteiger partial charge < -0.3 is 10.1 Å². The average Bonchev–Trinajstić information content (AvgIpc) is 2.98. The van der Waals surface area contributed by atoms with Gasteiger partial charge in [-0.2, -0.15) is 0 Å². The quantitative estimate of drug-likeness (QED) is 0.790. The maximum absolute atomic E-state index is 12.1. The lowest BCUT2D eigenvalue weighted by atomic mass is 10.2. The molecule has 5 nitrogen and oxygen atoms in total. The summed E-state index contributed by atoms with van der Waals surface area (Å²) in [6.07, 6.45) is 0. The molecule has 0 bridgehead atoms. The second-order valence-corrected chi connectivity index (χ2v) is 6.97. The van der Waals surface area contributed by atoms with Gasteiger partial charge in [-0.25, -0.2) is 4.79 Å². The van der Waals surface area contributed by atoms with Crippen LogP contribution in [-0.2, 0) is 14.3 Å². The molecule has 1 N–H and O–H groups in total. The highest BCUT2D eigenvalue weighted by Crippen LogP contribution is 2.35. The normalized spacial score (nSPS) is 10.2.